The lowest BCUT2D eigenvalue weighted by Gasteiger charge is -2.24. The average Bonchev–Trinajstić information content (AvgIpc) is 2.13. The van der Waals surface area contributed by atoms with Gasteiger partial charge in [0.05, 0.1) is 6.54 Å². The van der Waals surface area contributed by atoms with Gasteiger partial charge in [-0.1, -0.05) is 6.92 Å². The summed E-state index contributed by atoms with van der Waals surface area (Å²) in [5.41, 5.74) is 10.5. The van der Waals surface area contributed by atoms with Gasteiger partial charge in [-0.05, 0) is 26.8 Å². The van der Waals surface area contributed by atoms with E-state index in [2.05, 4.69) is 30.7 Å². The summed E-state index contributed by atoms with van der Waals surface area (Å²) in [4.78, 5) is 6.33. The molecule has 0 atom stereocenters. The van der Waals surface area contributed by atoms with Crippen LogP contribution in [-0.2, 0) is 10.4 Å². The van der Waals surface area contributed by atoms with E-state index in [1.165, 1.54) is 6.42 Å². The Labute approximate surface area is 114 Å². The van der Waals surface area contributed by atoms with E-state index in [9.17, 15) is 0 Å². The van der Waals surface area contributed by atoms with Crippen molar-refractivity contribution in [2.45, 2.75) is 33.2 Å². The predicted molar refractivity (Wildman–Crippen MR) is 75.5 cm³/mol. The molecule has 118 valence electrons. The summed E-state index contributed by atoms with van der Waals surface area (Å²) in [7, 11) is -4.67. The molecule has 9 nitrogen and oxygen atoms in total. The van der Waals surface area contributed by atoms with E-state index in [-0.39, 0.29) is 11.4 Å². The molecule has 0 radical (unpaired) electrons. The Bertz CT molecular complexity index is 320. The first kappa shape index (κ1) is 23.2. The molecule has 0 rings (SSSR count). The fourth-order valence-corrected chi connectivity index (χ4v) is 1.22. The van der Waals surface area contributed by atoms with Crippen LogP contribution in [0.15, 0.2) is 4.99 Å². The summed E-state index contributed by atoms with van der Waals surface area (Å²) in [5.74, 6) is 0.181. The van der Waals surface area contributed by atoms with Crippen molar-refractivity contribution in [3.05, 3.63) is 0 Å². The highest BCUT2D eigenvalue weighted by atomic mass is 32.3. The molecule has 0 fully saturated rings. The number of hydrogen-bond donors (Lipinski definition) is 4. The quantitative estimate of drug-likeness (QED) is 0.273. The normalized spacial score (nSPS) is 10.5. The molecule has 0 heterocycles. The third kappa shape index (κ3) is 26.6. The molecule has 10 heteroatoms. The first-order valence-electron chi connectivity index (χ1n) is 5.57. The van der Waals surface area contributed by atoms with E-state index in [1.807, 2.05) is 0 Å². The fourth-order valence-electron chi connectivity index (χ4n) is 1.22. The monoisotopic (exact) mass is 302 g/mol. The number of aliphatic imine (C=N–C) groups is 1. The number of guanidine groups is 1. The van der Waals surface area contributed by atoms with E-state index in [4.69, 9.17) is 29.0 Å². The second-order valence-corrected chi connectivity index (χ2v) is 4.78. The Hall–Kier alpha value is -0.940. The molecular formula is C9H26N4O5S. The lowest BCUT2D eigenvalue weighted by atomic mass is 10.3. The molecule has 0 aliphatic heterocycles. The van der Waals surface area contributed by atoms with Gasteiger partial charge in [0, 0.05) is 12.6 Å². The molecule has 19 heavy (non-hydrogen) atoms. The van der Waals surface area contributed by atoms with Crippen molar-refractivity contribution in [1.82, 2.24) is 4.90 Å². The minimum Gasteiger partial charge on any atom is -0.412 e. The maximum atomic E-state index is 8.74. The van der Waals surface area contributed by atoms with Gasteiger partial charge in [-0.25, -0.2) is 0 Å². The highest BCUT2D eigenvalue weighted by molar-refractivity contribution is 7.79. The van der Waals surface area contributed by atoms with E-state index in [0.29, 0.717) is 12.6 Å². The topological polar surface area (TPSA) is 174 Å². The van der Waals surface area contributed by atoms with Gasteiger partial charge in [-0.2, -0.15) is 8.42 Å². The molecule has 0 aliphatic carbocycles. The van der Waals surface area contributed by atoms with Gasteiger partial charge in [-0.3, -0.25) is 19.0 Å². The molecule has 8 N–H and O–H groups in total. The van der Waals surface area contributed by atoms with Crippen LogP contribution < -0.4 is 11.5 Å². The Morgan fingerprint density at radius 3 is 1.95 bits per heavy atom. The van der Waals surface area contributed by atoms with Crippen molar-refractivity contribution < 1.29 is 23.0 Å². The van der Waals surface area contributed by atoms with Crippen molar-refractivity contribution in [2.24, 2.45) is 16.5 Å². The molecule has 0 bridgehead atoms. The van der Waals surface area contributed by atoms with Crippen molar-refractivity contribution in [2.75, 3.05) is 19.6 Å². The SMILES string of the molecule is CCCN(CCN=C(N)N)C(C)C.O.O=S(=O)(O)O. The third-order valence-corrected chi connectivity index (χ3v) is 1.92. The minimum atomic E-state index is -4.67. The van der Waals surface area contributed by atoms with Crippen molar-refractivity contribution in [3.63, 3.8) is 0 Å². The van der Waals surface area contributed by atoms with Crippen LogP contribution >= 0.6 is 0 Å². The van der Waals surface area contributed by atoms with Gasteiger partial charge in [0.15, 0.2) is 5.96 Å². The molecule has 0 aliphatic rings. The maximum Gasteiger partial charge on any atom is 0.394 e. The smallest absolute Gasteiger partial charge is 0.394 e. The second kappa shape index (κ2) is 12.1. The molecule has 0 saturated carbocycles. The molecule has 0 aromatic carbocycles. The summed E-state index contributed by atoms with van der Waals surface area (Å²) >= 11 is 0. The highest BCUT2D eigenvalue weighted by Crippen LogP contribution is 1.98. The van der Waals surface area contributed by atoms with Crippen LogP contribution in [0.4, 0.5) is 0 Å². The summed E-state index contributed by atoms with van der Waals surface area (Å²) in [6.45, 7) is 9.29. The largest absolute Gasteiger partial charge is 0.412 e. The van der Waals surface area contributed by atoms with E-state index >= 15 is 0 Å². The number of nitrogens with two attached hydrogens (primary N) is 2. The van der Waals surface area contributed by atoms with Gasteiger partial charge < -0.3 is 16.9 Å². The molecule has 0 amide bonds. The van der Waals surface area contributed by atoms with Gasteiger partial charge in [-0.15, -0.1) is 0 Å². The fraction of sp³-hybridized carbons (Fsp3) is 0.889. The van der Waals surface area contributed by atoms with Crippen molar-refractivity contribution in [3.8, 4) is 0 Å². The van der Waals surface area contributed by atoms with Gasteiger partial charge >= 0.3 is 10.4 Å². The van der Waals surface area contributed by atoms with E-state index in [0.717, 1.165) is 13.1 Å². The van der Waals surface area contributed by atoms with Crippen LogP contribution in [0.5, 0.6) is 0 Å². The first-order chi connectivity index (χ1) is 8.07. The average molecular weight is 302 g/mol. The zero-order valence-corrected chi connectivity index (χ0v) is 12.4. The standard InChI is InChI=1S/C9H22N4.H2O4S.H2O/c1-4-6-13(8(2)3)7-5-12-9(10)11;1-5(2,3)4;/h8H,4-7H2,1-3H3,(H4,10,11,12);(H2,1,2,3,4);1H2. The summed E-state index contributed by atoms with van der Waals surface area (Å²) in [6.07, 6.45) is 1.17. The van der Waals surface area contributed by atoms with Gasteiger partial charge in [0.25, 0.3) is 0 Å². The van der Waals surface area contributed by atoms with Gasteiger partial charge in [0.2, 0.25) is 0 Å². The Balaban J connectivity index is -0.000000366. The molecule has 0 saturated heterocycles. The number of nitrogens with zero attached hydrogens (tertiary/aromatic N) is 2. The summed E-state index contributed by atoms with van der Waals surface area (Å²) in [5, 5.41) is 0. The van der Waals surface area contributed by atoms with Crippen LogP contribution in [0.25, 0.3) is 0 Å². The third-order valence-electron chi connectivity index (χ3n) is 1.92. The Morgan fingerprint density at radius 2 is 1.68 bits per heavy atom. The van der Waals surface area contributed by atoms with Crippen LogP contribution in [0.3, 0.4) is 0 Å². The lowest BCUT2D eigenvalue weighted by Crippen LogP contribution is -2.34. The zero-order valence-electron chi connectivity index (χ0n) is 11.6. The molecule has 0 unspecified atom stereocenters. The van der Waals surface area contributed by atoms with Crippen molar-refractivity contribution in [1.29, 1.82) is 0 Å². The Kier molecular flexibility index (Phi) is 14.8. The number of rotatable bonds is 6. The first-order valence-corrected chi connectivity index (χ1v) is 6.97. The Morgan fingerprint density at radius 1 is 1.26 bits per heavy atom. The van der Waals surface area contributed by atoms with E-state index in [1.54, 1.807) is 0 Å². The summed E-state index contributed by atoms with van der Waals surface area (Å²) in [6, 6.07) is 0.564. The summed E-state index contributed by atoms with van der Waals surface area (Å²) < 4.78 is 31.6. The van der Waals surface area contributed by atoms with Crippen LogP contribution in [0.2, 0.25) is 0 Å². The van der Waals surface area contributed by atoms with Crippen LogP contribution in [-0.4, -0.2) is 59.5 Å². The molecule has 0 spiro atoms. The maximum absolute atomic E-state index is 8.74. The molecular weight excluding hydrogens is 276 g/mol. The van der Waals surface area contributed by atoms with Crippen molar-refractivity contribution >= 4 is 16.4 Å². The lowest BCUT2D eigenvalue weighted by molar-refractivity contribution is 0.229. The van der Waals surface area contributed by atoms with Crippen LogP contribution in [0, 0.1) is 0 Å². The van der Waals surface area contributed by atoms with Gasteiger partial charge in [0.1, 0.15) is 0 Å². The molecule has 0 aromatic heterocycles. The zero-order chi connectivity index (χ0) is 14.8. The predicted octanol–water partition coefficient (Wildman–Crippen LogP) is -1.10. The number of hydrogen-bond acceptors (Lipinski definition) is 4. The molecule has 0 aromatic rings. The minimum absolute atomic E-state index is 0. The van der Waals surface area contributed by atoms with E-state index < -0.39 is 10.4 Å². The van der Waals surface area contributed by atoms with Crippen LogP contribution in [0.1, 0.15) is 27.2 Å². The highest BCUT2D eigenvalue weighted by Gasteiger charge is 2.06. The second-order valence-electron chi connectivity index (χ2n) is 3.88.